The lowest BCUT2D eigenvalue weighted by atomic mass is 10.2. The average molecular weight is 340 g/mol. The van der Waals surface area contributed by atoms with Crippen LogP contribution in [0.1, 0.15) is 41.7 Å². The van der Waals surface area contributed by atoms with Crippen LogP contribution in [0.2, 0.25) is 4.34 Å². The fourth-order valence-electron chi connectivity index (χ4n) is 2.43. The molecule has 21 heavy (non-hydrogen) atoms. The van der Waals surface area contributed by atoms with Gasteiger partial charge in [-0.2, -0.15) is 0 Å². The molecule has 0 aliphatic carbocycles. The van der Waals surface area contributed by atoms with Crippen LogP contribution in [-0.2, 0) is 0 Å². The Bertz CT molecular complexity index is 791. The number of rotatable bonds is 3. The Morgan fingerprint density at radius 1 is 1.14 bits per heavy atom. The van der Waals surface area contributed by atoms with E-state index in [1.54, 1.807) is 11.3 Å². The number of hydrogen-bond acceptors (Lipinski definition) is 3. The molecule has 0 aliphatic rings. The van der Waals surface area contributed by atoms with Gasteiger partial charge in [0.05, 0.1) is 15.8 Å². The van der Waals surface area contributed by atoms with Crippen molar-refractivity contribution >= 4 is 45.7 Å². The van der Waals surface area contributed by atoms with Crippen LogP contribution in [0.15, 0.2) is 24.3 Å². The summed E-state index contributed by atoms with van der Waals surface area (Å²) in [4.78, 5) is 10.5. The van der Waals surface area contributed by atoms with E-state index in [-0.39, 0.29) is 11.4 Å². The lowest BCUT2D eigenvalue weighted by Gasteiger charge is -2.17. The third-order valence-corrected chi connectivity index (χ3v) is 5.05. The summed E-state index contributed by atoms with van der Waals surface area (Å²) >= 11 is 14.0. The molecule has 110 valence electrons. The van der Waals surface area contributed by atoms with E-state index in [0.717, 1.165) is 27.0 Å². The minimum atomic E-state index is -0.183. The molecule has 0 bridgehead atoms. The van der Waals surface area contributed by atoms with E-state index in [9.17, 15) is 0 Å². The number of hydrogen-bond donors (Lipinski definition) is 0. The maximum Gasteiger partial charge on any atom is 0.160 e. The zero-order chi connectivity index (χ0) is 15.1. The van der Waals surface area contributed by atoms with Crippen molar-refractivity contribution in [2.45, 2.75) is 32.2 Å². The number of pyridine rings is 1. The second-order valence-corrected chi connectivity index (χ2v) is 7.47. The molecule has 3 rings (SSSR count). The SMILES string of the molecule is Cc1ccc2nc(C(C)Cl)n(C(C)c3ccc(Cl)s3)c2n1. The van der Waals surface area contributed by atoms with E-state index in [0.29, 0.717) is 0 Å². The fraction of sp³-hybridized carbons (Fsp3) is 0.333. The molecule has 3 aromatic rings. The Kier molecular flexibility index (Phi) is 3.95. The Morgan fingerprint density at radius 2 is 1.90 bits per heavy atom. The number of fused-ring (bicyclic) bond motifs is 1. The summed E-state index contributed by atoms with van der Waals surface area (Å²) in [5, 5.41) is -0.183. The van der Waals surface area contributed by atoms with Crippen LogP contribution in [-0.4, -0.2) is 14.5 Å². The highest BCUT2D eigenvalue weighted by Gasteiger charge is 2.22. The highest BCUT2D eigenvalue weighted by atomic mass is 35.5. The second kappa shape index (κ2) is 5.59. The minimum absolute atomic E-state index is 0.0954. The third kappa shape index (κ3) is 2.68. The Morgan fingerprint density at radius 3 is 2.52 bits per heavy atom. The van der Waals surface area contributed by atoms with Crippen LogP contribution in [0.3, 0.4) is 0 Å². The van der Waals surface area contributed by atoms with Crippen LogP contribution < -0.4 is 0 Å². The first-order valence-electron chi connectivity index (χ1n) is 6.72. The second-order valence-electron chi connectivity index (χ2n) is 5.07. The van der Waals surface area contributed by atoms with Gasteiger partial charge in [0.1, 0.15) is 11.3 Å². The molecule has 3 nitrogen and oxygen atoms in total. The number of thiophene rings is 1. The predicted molar refractivity (Wildman–Crippen MR) is 89.7 cm³/mol. The molecular weight excluding hydrogens is 325 g/mol. The molecule has 0 radical (unpaired) electrons. The number of nitrogens with zero attached hydrogens (tertiary/aromatic N) is 3. The summed E-state index contributed by atoms with van der Waals surface area (Å²) in [5.41, 5.74) is 2.71. The van der Waals surface area contributed by atoms with Gasteiger partial charge < -0.3 is 4.57 Å². The van der Waals surface area contributed by atoms with Crippen LogP contribution in [0.5, 0.6) is 0 Å². The lowest BCUT2D eigenvalue weighted by Crippen LogP contribution is -2.11. The van der Waals surface area contributed by atoms with Crippen molar-refractivity contribution < 1.29 is 0 Å². The summed E-state index contributed by atoms with van der Waals surface area (Å²) in [6.07, 6.45) is 0. The van der Waals surface area contributed by atoms with Crippen LogP contribution in [0.25, 0.3) is 11.2 Å². The molecule has 2 atom stereocenters. The van der Waals surface area contributed by atoms with E-state index in [4.69, 9.17) is 23.2 Å². The molecule has 0 aromatic carbocycles. The summed E-state index contributed by atoms with van der Waals surface area (Å²) in [6.45, 7) is 6.03. The Labute approximate surface area is 137 Å². The van der Waals surface area contributed by atoms with Gasteiger partial charge in [-0.3, -0.25) is 0 Å². The van der Waals surface area contributed by atoms with Crippen molar-refractivity contribution in [2.75, 3.05) is 0 Å². The van der Waals surface area contributed by atoms with E-state index >= 15 is 0 Å². The van der Waals surface area contributed by atoms with Gasteiger partial charge >= 0.3 is 0 Å². The van der Waals surface area contributed by atoms with Gasteiger partial charge in [-0.25, -0.2) is 9.97 Å². The van der Waals surface area contributed by atoms with Crippen molar-refractivity contribution in [3.05, 3.63) is 45.0 Å². The first-order chi connectivity index (χ1) is 9.97. The number of alkyl halides is 1. The van der Waals surface area contributed by atoms with Gasteiger partial charge in [0, 0.05) is 10.6 Å². The molecule has 3 heterocycles. The van der Waals surface area contributed by atoms with Gasteiger partial charge in [-0.05, 0) is 45.0 Å². The highest BCUT2D eigenvalue weighted by molar-refractivity contribution is 7.16. The topological polar surface area (TPSA) is 30.7 Å². The monoisotopic (exact) mass is 339 g/mol. The predicted octanol–water partition coefficient (Wildman–Crippen LogP) is 5.36. The fourth-order valence-corrected chi connectivity index (χ4v) is 3.69. The molecule has 3 aromatic heterocycles. The molecule has 0 aliphatic heterocycles. The summed E-state index contributed by atoms with van der Waals surface area (Å²) < 4.78 is 2.90. The molecule has 0 amide bonds. The molecule has 2 unspecified atom stereocenters. The number of halogens is 2. The molecule has 0 saturated carbocycles. The molecule has 6 heteroatoms. The van der Waals surface area contributed by atoms with Gasteiger partial charge in [-0.15, -0.1) is 22.9 Å². The van der Waals surface area contributed by atoms with Crippen molar-refractivity contribution in [2.24, 2.45) is 0 Å². The minimum Gasteiger partial charge on any atom is -0.303 e. The molecule has 0 spiro atoms. The maximum absolute atomic E-state index is 6.32. The van der Waals surface area contributed by atoms with Gasteiger partial charge in [0.15, 0.2) is 5.65 Å². The maximum atomic E-state index is 6.32. The number of aryl methyl sites for hydroxylation is 1. The lowest BCUT2D eigenvalue weighted by molar-refractivity contribution is 0.622. The Hall–Kier alpha value is -1.10. The van der Waals surface area contributed by atoms with Gasteiger partial charge in [-0.1, -0.05) is 11.6 Å². The first-order valence-corrected chi connectivity index (χ1v) is 8.35. The molecule has 0 N–H and O–H groups in total. The van der Waals surface area contributed by atoms with Gasteiger partial charge in [0.2, 0.25) is 0 Å². The zero-order valence-corrected chi connectivity index (χ0v) is 14.3. The third-order valence-electron chi connectivity index (χ3n) is 3.45. The quantitative estimate of drug-likeness (QED) is 0.601. The number of imidazole rings is 1. The van der Waals surface area contributed by atoms with E-state index in [2.05, 4.69) is 21.5 Å². The molecule has 0 saturated heterocycles. The van der Waals surface area contributed by atoms with Gasteiger partial charge in [0.25, 0.3) is 0 Å². The smallest absolute Gasteiger partial charge is 0.160 e. The molecular formula is C15H15Cl2N3S. The number of aromatic nitrogens is 3. The zero-order valence-electron chi connectivity index (χ0n) is 12.0. The summed E-state index contributed by atoms with van der Waals surface area (Å²) in [7, 11) is 0. The molecule has 0 fully saturated rings. The van der Waals surface area contributed by atoms with Crippen LogP contribution in [0, 0.1) is 6.92 Å². The van der Waals surface area contributed by atoms with E-state index in [1.165, 1.54) is 4.88 Å². The standard InChI is InChI=1S/C15H15Cl2N3S/c1-8-4-5-11-15(18-8)20(14(19-11)9(2)16)10(3)12-6-7-13(17)21-12/h4-7,9-10H,1-3H3. The summed E-state index contributed by atoms with van der Waals surface area (Å²) in [6, 6.07) is 8.01. The summed E-state index contributed by atoms with van der Waals surface area (Å²) in [5.74, 6) is 0.835. The van der Waals surface area contributed by atoms with Crippen LogP contribution in [0.4, 0.5) is 0 Å². The average Bonchev–Trinajstić information content (AvgIpc) is 3.01. The van der Waals surface area contributed by atoms with E-state index in [1.807, 2.05) is 38.1 Å². The van der Waals surface area contributed by atoms with E-state index < -0.39 is 0 Å². The largest absolute Gasteiger partial charge is 0.303 e. The Balaban J connectivity index is 2.23. The highest BCUT2D eigenvalue weighted by Crippen LogP contribution is 2.34. The van der Waals surface area contributed by atoms with Crippen molar-refractivity contribution in [1.82, 2.24) is 14.5 Å². The normalized spacial score (nSPS) is 14.5. The first kappa shape index (κ1) is 14.8. The van der Waals surface area contributed by atoms with Crippen molar-refractivity contribution in [1.29, 1.82) is 0 Å². The van der Waals surface area contributed by atoms with Crippen LogP contribution >= 0.6 is 34.5 Å². The van der Waals surface area contributed by atoms with Crippen molar-refractivity contribution in [3.8, 4) is 0 Å². The van der Waals surface area contributed by atoms with Crippen molar-refractivity contribution in [3.63, 3.8) is 0 Å².